The number of nitrogens with zero attached hydrogens (tertiary/aromatic N) is 3. The molecule has 7 heteroatoms. The van der Waals surface area contributed by atoms with Crippen molar-refractivity contribution in [2.45, 2.75) is 37.1 Å². The van der Waals surface area contributed by atoms with Gasteiger partial charge in [-0.25, -0.2) is 9.18 Å². The van der Waals surface area contributed by atoms with E-state index in [0.29, 0.717) is 24.7 Å². The molecule has 1 aromatic heterocycles. The maximum atomic E-state index is 13.2. The number of nitrogens with one attached hydrogen (secondary N) is 1. The molecule has 0 radical (unpaired) electrons. The SMILES string of the molecule is O=C(NCC1(c2ccc(F)cc2)CCC1)N1CCC(n2cc(Cl)cn2)C1. The average Bonchev–Trinajstić information content (AvgIpc) is 3.24. The molecular formula is C19H22ClFN4O. The van der Waals surface area contributed by atoms with Crippen LogP contribution in [0.15, 0.2) is 36.7 Å². The summed E-state index contributed by atoms with van der Waals surface area (Å²) in [7, 11) is 0. The van der Waals surface area contributed by atoms with Gasteiger partial charge in [-0.15, -0.1) is 0 Å². The highest BCUT2D eigenvalue weighted by atomic mass is 35.5. The molecule has 2 heterocycles. The topological polar surface area (TPSA) is 50.2 Å². The maximum absolute atomic E-state index is 13.2. The molecular weight excluding hydrogens is 355 g/mol. The summed E-state index contributed by atoms with van der Waals surface area (Å²) in [6.45, 7) is 1.93. The lowest BCUT2D eigenvalue weighted by atomic mass is 9.64. The standard InChI is InChI=1S/C19H22ClFN4O/c20-15-10-23-25(11-15)17-6-9-24(12-17)18(26)22-13-19(7-1-8-19)14-2-4-16(21)5-3-14/h2-5,10-11,17H,1,6-9,12-13H2,(H,22,26). The van der Waals surface area contributed by atoms with Crippen LogP contribution in [0.4, 0.5) is 9.18 Å². The van der Waals surface area contributed by atoms with E-state index >= 15 is 0 Å². The van der Waals surface area contributed by atoms with Crippen LogP contribution >= 0.6 is 11.6 Å². The van der Waals surface area contributed by atoms with Gasteiger partial charge in [-0.05, 0) is 37.0 Å². The number of hydrogen-bond acceptors (Lipinski definition) is 2. The molecule has 138 valence electrons. The van der Waals surface area contributed by atoms with Crippen LogP contribution in [0.1, 0.15) is 37.3 Å². The van der Waals surface area contributed by atoms with Gasteiger partial charge in [-0.2, -0.15) is 5.10 Å². The van der Waals surface area contributed by atoms with Crippen molar-refractivity contribution in [3.8, 4) is 0 Å². The van der Waals surface area contributed by atoms with Crippen molar-refractivity contribution in [2.75, 3.05) is 19.6 Å². The zero-order valence-corrected chi connectivity index (χ0v) is 15.3. The molecule has 5 nitrogen and oxygen atoms in total. The first kappa shape index (κ1) is 17.3. The molecule has 1 aliphatic carbocycles. The van der Waals surface area contributed by atoms with Gasteiger partial charge in [0.05, 0.1) is 17.3 Å². The number of benzene rings is 1. The fraction of sp³-hybridized carbons (Fsp3) is 0.474. The van der Waals surface area contributed by atoms with Crippen molar-refractivity contribution in [2.24, 2.45) is 0 Å². The first-order chi connectivity index (χ1) is 12.6. The fourth-order valence-corrected chi connectivity index (χ4v) is 4.13. The van der Waals surface area contributed by atoms with E-state index in [0.717, 1.165) is 31.2 Å². The Labute approximate surface area is 157 Å². The molecule has 1 aliphatic heterocycles. The van der Waals surface area contributed by atoms with E-state index in [-0.39, 0.29) is 23.3 Å². The fourth-order valence-electron chi connectivity index (χ4n) is 3.99. The Morgan fingerprint density at radius 1 is 1.35 bits per heavy atom. The summed E-state index contributed by atoms with van der Waals surface area (Å²) in [5.74, 6) is -0.228. The highest BCUT2D eigenvalue weighted by molar-refractivity contribution is 6.30. The number of urea groups is 1. The first-order valence-electron chi connectivity index (χ1n) is 9.04. The molecule has 0 spiro atoms. The van der Waals surface area contributed by atoms with Crippen LogP contribution in [0.25, 0.3) is 0 Å². The van der Waals surface area contributed by atoms with E-state index in [1.54, 1.807) is 12.4 Å². The van der Waals surface area contributed by atoms with Crippen LogP contribution in [0.2, 0.25) is 5.02 Å². The molecule has 2 aliphatic rings. The lowest BCUT2D eigenvalue weighted by molar-refractivity contribution is 0.190. The molecule has 0 bridgehead atoms. The van der Waals surface area contributed by atoms with Crippen LogP contribution in [0, 0.1) is 5.82 Å². The number of likely N-dealkylation sites (tertiary alicyclic amines) is 1. The average molecular weight is 377 g/mol. The van der Waals surface area contributed by atoms with Gasteiger partial charge >= 0.3 is 6.03 Å². The number of amides is 2. The summed E-state index contributed by atoms with van der Waals surface area (Å²) in [5.41, 5.74) is 1.05. The Kier molecular flexibility index (Phi) is 4.61. The number of carbonyl (C=O) groups excluding carboxylic acids is 1. The number of carbonyl (C=O) groups is 1. The third-order valence-corrected chi connectivity index (χ3v) is 5.94. The molecule has 4 rings (SSSR count). The van der Waals surface area contributed by atoms with E-state index in [4.69, 9.17) is 11.6 Å². The smallest absolute Gasteiger partial charge is 0.317 e. The highest BCUT2D eigenvalue weighted by Crippen LogP contribution is 2.43. The minimum absolute atomic E-state index is 0.0425. The number of halogens is 2. The van der Waals surface area contributed by atoms with Crippen molar-refractivity contribution in [1.29, 1.82) is 0 Å². The summed E-state index contributed by atoms with van der Waals surface area (Å²) >= 11 is 5.93. The number of aromatic nitrogens is 2. The van der Waals surface area contributed by atoms with Crippen molar-refractivity contribution in [3.63, 3.8) is 0 Å². The van der Waals surface area contributed by atoms with E-state index < -0.39 is 0 Å². The molecule has 26 heavy (non-hydrogen) atoms. The van der Waals surface area contributed by atoms with E-state index in [1.807, 2.05) is 21.7 Å². The lowest BCUT2D eigenvalue weighted by Gasteiger charge is -2.43. The molecule has 1 saturated carbocycles. The van der Waals surface area contributed by atoms with Gasteiger partial charge in [-0.3, -0.25) is 4.68 Å². The molecule has 2 aromatic rings. The van der Waals surface area contributed by atoms with Gasteiger partial charge in [0.15, 0.2) is 0 Å². The number of hydrogen-bond donors (Lipinski definition) is 1. The van der Waals surface area contributed by atoms with Gasteiger partial charge in [0, 0.05) is 31.2 Å². The second-order valence-corrected chi connectivity index (χ2v) is 7.76. The zero-order chi connectivity index (χ0) is 18.1. The third kappa shape index (κ3) is 3.30. The second kappa shape index (κ2) is 6.91. The van der Waals surface area contributed by atoms with Gasteiger partial charge in [0.2, 0.25) is 0 Å². The predicted octanol–water partition coefficient (Wildman–Crippen LogP) is 3.75. The summed E-state index contributed by atoms with van der Waals surface area (Å²) in [5, 5.41) is 7.95. The van der Waals surface area contributed by atoms with E-state index in [1.165, 1.54) is 12.1 Å². The van der Waals surface area contributed by atoms with Crippen molar-refractivity contribution in [3.05, 3.63) is 53.1 Å². The first-order valence-corrected chi connectivity index (χ1v) is 9.42. The summed E-state index contributed by atoms with van der Waals surface area (Å²) < 4.78 is 15.0. The normalized spacial score (nSPS) is 21.5. The minimum atomic E-state index is -0.228. The molecule has 1 N–H and O–H groups in total. The van der Waals surface area contributed by atoms with Crippen LogP contribution in [-0.4, -0.2) is 40.3 Å². The lowest BCUT2D eigenvalue weighted by Crippen LogP contribution is -2.49. The Morgan fingerprint density at radius 2 is 2.12 bits per heavy atom. The van der Waals surface area contributed by atoms with E-state index in [9.17, 15) is 9.18 Å². The van der Waals surface area contributed by atoms with Crippen molar-refractivity contribution < 1.29 is 9.18 Å². The molecule has 2 fully saturated rings. The quantitative estimate of drug-likeness (QED) is 0.883. The van der Waals surface area contributed by atoms with Crippen LogP contribution in [0.3, 0.4) is 0 Å². The predicted molar refractivity (Wildman–Crippen MR) is 97.8 cm³/mol. The van der Waals surface area contributed by atoms with Gasteiger partial charge in [0.25, 0.3) is 0 Å². The Morgan fingerprint density at radius 3 is 2.73 bits per heavy atom. The zero-order valence-electron chi connectivity index (χ0n) is 14.5. The molecule has 1 aromatic carbocycles. The third-order valence-electron chi connectivity index (χ3n) is 5.74. The van der Waals surface area contributed by atoms with Gasteiger partial charge < -0.3 is 10.2 Å². The highest BCUT2D eigenvalue weighted by Gasteiger charge is 2.39. The monoisotopic (exact) mass is 376 g/mol. The molecule has 2 amide bonds. The summed E-state index contributed by atoms with van der Waals surface area (Å²) in [4.78, 5) is 14.4. The largest absolute Gasteiger partial charge is 0.337 e. The second-order valence-electron chi connectivity index (χ2n) is 7.33. The number of rotatable bonds is 4. The Bertz CT molecular complexity index is 787. The van der Waals surface area contributed by atoms with Crippen molar-refractivity contribution in [1.82, 2.24) is 20.0 Å². The van der Waals surface area contributed by atoms with Gasteiger partial charge in [0.1, 0.15) is 5.82 Å². The summed E-state index contributed by atoms with van der Waals surface area (Å²) in [6.07, 6.45) is 7.47. The minimum Gasteiger partial charge on any atom is -0.337 e. The van der Waals surface area contributed by atoms with Crippen molar-refractivity contribution >= 4 is 17.6 Å². The van der Waals surface area contributed by atoms with Crippen LogP contribution < -0.4 is 5.32 Å². The molecule has 1 unspecified atom stereocenters. The molecule has 1 saturated heterocycles. The Balaban J connectivity index is 1.35. The van der Waals surface area contributed by atoms with Gasteiger partial charge in [-0.1, -0.05) is 30.2 Å². The summed E-state index contributed by atoms with van der Waals surface area (Å²) in [6, 6.07) is 6.80. The van der Waals surface area contributed by atoms with Crippen LogP contribution in [-0.2, 0) is 5.41 Å². The van der Waals surface area contributed by atoms with E-state index in [2.05, 4.69) is 10.4 Å². The Hall–Kier alpha value is -2.08. The maximum Gasteiger partial charge on any atom is 0.317 e. The van der Waals surface area contributed by atoms with Crippen LogP contribution in [0.5, 0.6) is 0 Å². The molecule has 1 atom stereocenters.